The van der Waals surface area contributed by atoms with Crippen molar-refractivity contribution in [1.82, 2.24) is 0 Å². The lowest BCUT2D eigenvalue weighted by atomic mass is 10.1. The van der Waals surface area contributed by atoms with Gasteiger partial charge in [-0.05, 0) is 36.8 Å². The smallest absolute Gasteiger partial charge is 0.416 e. The van der Waals surface area contributed by atoms with E-state index in [2.05, 4.69) is 5.32 Å². The summed E-state index contributed by atoms with van der Waals surface area (Å²) in [7, 11) is 0. The van der Waals surface area contributed by atoms with Crippen LogP contribution in [-0.4, -0.2) is 5.91 Å². The number of para-hydroxylation sites is 1. The Hall–Kier alpha value is -3.09. The first-order chi connectivity index (χ1) is 11.8. The van der Waals surface area contributed by atoms with Crippen LogP contribution in [0.1, 0.15) is 21.5 Å². The minimum atomic E-state index is -4.53. The van der Waals surface area contributed by atoms with Crippen LogP contribution < -0.4 is 10.9 Å². The Balaban J connectivity index is 1.95. The molecule has 1 amide bonds. The van der Waals surface area contributed by atoms with Gasteiger partial charge in [-0.25, -0.2) is 4.79 Å². The molecule has 0 saturated carbocycles. The molecular weight excluding hydrogens is 335 g/mol. The monoisotopic (exact) mass is 347 g/mol. The van der Waals surface area contributed by atoms with Gasteiger partial charge in [0, 0.05) is 11.1 Å². The number of alkyl halides is 3. The van der Waals surface area contributed by atoms with E-state index >= 15 is 0 Å². The van der Waals surface area contributed by atoms with Crippen LogP contribution in [0.5, 0.6) is 0 Å². The molecule has 2 aromatic carbocycles. The van der Waals surface area contributed by atoms with Gasteiger partial charge in [0.25, 0.3) is 5.91 Å². The van der Waals surface area contributed by atoms with Gasteiger partial charge in [-0.3, -0.25) is 4.79 Å². The van der Waals surface area contributed by atoms with E-state index in [9.17, 15) is 22.8 Å². The maximum absolute atomic E-state index is 13.0. The van der Waals surface area contributed by atoms with Crippen LogP contribution in [0, 0.1) is 6.92 Å². The van der Waals surface area contributed by atoms with Crippen molar-refractivity contribution in [2.75, 3.05) is 5.32 Å². The second-order valence-corrected chi connectivity index (χ2v) is 5.47. The number of rotatable bonds is 2. The predicted molar refractivity (Wildman–Crippen MR) is 86.6 cm³/mol. The lowest BCUT2D eigenvalue weighted by molar-refractivity contribution is -0.138. The number of nitrogens with one attached hydrogen (secondary N) is 1. The standard InChI is InChI=1S/C18H12F3NO3/c1-10-6-7-12(9-14(10)18(19,20)21)22-16(23)13-8-11-4-2-3-5-15(11)25-17(13)24/h2-9H,1H3,(H,22,23). The van der Waals surface area contributed by atoms with Gasteiger partial charge < -0.3 is 9.73 Å². The molecule has 0 atom stereocenters. The quantitative estimate of drug-likeness (QED) is 0.700. The van der Waals surface area contributed by atoms with Crippen molar-refractivity contribution >= 4 is 22.6 Å². The van der Waals surface area contributed by atoms with Gasteiger partial charge in [-0.2, -0.15) is 13.2 Å². The molecule has 0 bridgehead atoms. The summed E-state index contributed by atoms with van der Waals surface area (Å²) in [6, 6.07) is 11.4. The number of fused-ring (bicyclic) bond motifs is 1. The molecule has 0 fully saturated rings. The zero-order chi connectivity index (χ0) is 18.2. The number of anilines is 1. The summed E-state index contributed by atoms with van der Waals surface area (Å²) < 4.78 is 43.9. The third-order valence-electron chi connectivity index (χ3n) is 3.69. The Morgan fingerprint density at radius 1 is 1.08 bits per heavy atom. The zero-order valence-electron chi connectivity index (χ0n) is 13.0. The second kappa shape index (κ2) is 6.08. The van der Waals surface area contributed by atoms with Crippen LogP contribution in [0.25, 0.3) is 11.0 Å². The molecule has 0 radical (unpaired) electrons. The highest BCUT2D eigenvalue weighted by molar-refractivity contribution is 6.05. The molecule has 25 heavy (non-hydrogen) atoms. The summed E-state index contributed by atoms with van der Waals surface area (Å²) in [5.74, 6) is -0.837. The summed E-state index contributed by atoms with van der Waals surface area (Å²) in [4.78, 5) is 24.2. The van der Waals surface area contributed by atoms with Gasteiger partial charge in [0.15, 0.2) is 0 Å². The topological polar surface area (TPSA) is 59.3 Å². The van der Waals surface area contributed by atoms with E-state index in [0.717, 1.165) is 6.07 Å². The Morgan fingerprint density at radius 3 is 2.52 bits per heavy atom. The Bertz CT molecular complexity index is 1020. The molecule has 0 unspecified atom stereocenters. The third kappa shape index (κ3) is 3.40. The van der Waals surface area contributed by atoms with Crippen molar-refractivity contribution in [3.8, 4) is 0 Å². The van der Waals surface area contributed by atoms with Crippen molar-refractivity contribution in [3.05, 3.63) is 75.6 Å². The fourth-order valence-corrected chi connectivity index (χ4v) is 2.42. The average Bonchev–Trinajstić information content (AvgIpc) is 2.54. The highest BCUT2D eigenvalue weighted by Gasteiger charge is 2.32. The van der Waals surface area contributed by atoms with Crippen molar-refractivity contribution in [3.63, 3.8) is 0 Å². The molecule has 1 aromatic heterocycles. The minimum Gasteiger partial charge on any atom is -0.422 e. The predicted octanol–water partition coefficient (Wildman–Crippen LogP) is 4.37. The van der Waals surface area contributed by atoms with Crippen LogP contribution in [-0.2, 0) is 6.18 Å². The van der Waals surface area contributed by atoms with E-state index in [-0.39, 0.29) is 16.8 Å². The molecule has 0 aliphatic heterocycles. The molecule has 4 nitrogen and oxygen atoms in total. The van der Waals surface area contributed by atoms with Crippen LogP contribution >= 0.6 is 0 Å². The van der Waals surface area contributed by atoms with E-state index in [0.29, 0.717) is 11.0 Å². The summed E-state index contributed by atoms with van der Waals surface area (Å²) in [6.07, 6.45) is -4.53. The fourth-order valence-electron chi connectivity index (χ4n) is 2.42. The van der Waals surface area contributed by atoms with Crippen LogP contribution in [0.4, 0.5) is 18.9 Å². The Labute approximate surface area is 139 Å². The molecule has 1 heterocycles. The fraction of sp³-hybridized carbons (Fsp3) is 0.111. The number of carbonyl (C=O) groups is 1. The Kier molecular flexibility index (Phi) is 4.08. The van der Waals surface area contributed by atoms with Crippen LogP contribution in [0.15, 0.2) is 57.7 Å². The number of carbonyl (C=O) groups excluding carboxylic acids is 1. The molecule has 0 aliphatic carbocycles. The van der Waals surface area contributed by atoms with E-state index in [1.807, 2.05) is 0 Å². The molecule has 7 heteroatoms. The van der Waals surface area contributed by atoms with Gasteiger partial charge in [0.05, 0.1) is 5.56 Å². The first-order valence-corrected chi connectivity index (χ1v) is 7.28. The number of hydrogen-bond acceptors (Lipinski definition) is 3. The summed E-state index contributed by atoms with van der Waals surface area (Å²) in [5, 5.41) is 2.84. The van der Waals surface area contributed by atoms with Gasteiger partial charge in [-0.1, -0.05) is 24.3 Å². The number of hydrogen-bond donors (Lipinski definition) is 1. The zero-order valence-corrected chi connectivity index (χ0v) is 13.0. The van der Waals surface area contributed by atoms with Crippen molar-refractivity contribution < 1.29 is 22.4 Å². The first kappa shape index (κ1) is 16.8. The van der Waals surface area contributed by atoms with Gasteiger partial charge >= 0.3 is 11.8 Å². The van der Waals surface area contributed by atoms with Gasteiger partial charge in [0.1, 0.15) is 11.1 Å². The van der Waals surface area contributed by atoms with Gasteiger partial charge in [-0.15, -0.1) is 0 Å². The van der Waals surface area contributed by atoms with Crippen molar-refractivity contribution in [2.24, 2.45) is 0 Å². The SMILES string of the molecule is Cc1ccc(NC(=O)c2cc3ccccc3oc2=O)cc1C(F)(F)F. The number of aryl methyl sites for hydroxylation is 1. The Morgan fingerprint density at radius 2 is 1.80 bits per heavy atom. The second-order valence-electron chi connectivity index (χ2n) is 5.47. The number of amides is 1. The minimum absolute atomic E-state index is 0.0377. The van der Waals surface area contributed by atoms with E-state index < -0.39 is 23.3 Å². The maximum Gasteiger partial charge on any atom is 0.416 e. The highest BCUT2D eigenvalue weighted by atomic mass is 19.4. The summed E-state index contributed by atoms with van der Waals surface area (Å²) >= 11 is 0. The molecule has 0 saturated heterocycles. The lowest BCUT2D eigenvalue weighted by Gasteiger charge is -2.12. The molecule has 0 spiro atoms. The van der Waals surface area contributed by atoms with Crippen LogP contribution in [0.3, 0.4) is 0 Å². The van der Waals surface area contributed by atoms with E-state index in [1.165, 1.54) is 25.1 Å². The van der Waals surface area contributed by atoms with Crippen molar-refractivity contribution in [1.29, 1.82) is 0 Å². The van der Waals surface area contributed by atoms with E-state index in [1.54, 1.807) is 24.3 Å². The third-order valence-corrected chi connectivity index (χ3v) is 3.69. The highest BCUT2D eigenvalue weighted by Crippen LogP contribution is 2.33. The molecule has 128 valence electrons. The first-order valence-electron chi connectivity index (χ1n) is 7.28. The summed E-state index contributed by atoms with van der Waals surface area (Å²) in [6.45, 7) is 1.33. The molecule has 0 aliphatic rings. The normalized spacial score (nSPS) is 11.5. The molecular formula is C18H12F3NO3. The largest absolute Gasteiger partial charge is 0.422 e. The number of halogens is 3. The van der Waals surface area contributed by atoms with Gasteiger partial charge in [0.2, 0.25) is 0 Å². The van der Waals surface area contributed by atoms with Crippen molar-refractivity contribution in [2.45, 2.75) is 13.1 Å². The maximum atomic E-state index is 13.0. The lowest BCUT2D eigenvalue weighted by Crippen LogP contribution is -2.21. The number of benzene rings is 2. The molecule has 3 aromatic rings. The van der Waals surface area contributed by atoms with E-state index in [4.69, 9.17) is 4.42 Å². The molecule has 3 rings (SSSR count). The van der Waals surface area contributed by atoms with Crippen LogP contribution in [0.2, 0.25) is 0 Å². The average molecular weight is 347 g/mol. The summed E-state index contributed by atoms with van der Waals surface area (Å²) in [5.41, 5.74) is -1.70. The molecule has 1 N–H and O–H groups in total.